The molecule has 1 aromatic carbocycles. The molecule has 0 saturated carbocycles. The SMILES string of the molecule is C/C=C\C(C)Cc1c(Cl)cccc1Cl. The lowest BCUT2D eigenvalue weighted by molar-refractivity contribution is 0.723. The van der Waals surface area contributed by atoms with E-state index in [4.69, 9.17) is 23.2 Å². The van der Waals surface area contributed by atoms with E-state index in [1.54, 1.807) is 0 Å². The van der Waals surface area contributed by atoms with Crippen LogP contribution in [0.25, 0.3) is 0 Å². The summed E-state index contributed by atoms with van der Waals surface area (Å²) >= 11 is 12.1. The molecule has 2 heteroatoms. The van der Waals surface area contributed by atoms with E-state index in [0.29, 0.717) is 5.92 Å². The van der Waals surface area contributed by atoms with Crippen molar-refractivity contribution in [2.75, 3.05) is 0 Å². The maximum absolute atomic E-state index is 6.07. The Morgan fingerprint density at radius 1 is 1.29 bits per heavy atom. The van der Waals surface area contributed by atoms with Gasteiger partial charge in [-0.25, -0.2) is 0 Å². The molecule has 0 aromatic heterocycles. The highest BCUT2D eigenvalue weighted by molar-refractivity contribution is 6.35. The molecular formula is C12H14Cl2. The van der Waals surface area contributed by atoms with Crippen molar-refractivity contribution in [2.24, 2.45) is 5.92 Å². The third kappa shape index (κ3) is 3.04. The standard InChI is InChI=1S/C12H14Cl2/c1-3-5-9(2)8-10-11(13)6-4-7-12(10)14/h3-7,9H,8H2,1-2H3/b5-3-. The first-order chi connectivity index (χ1) is 6.65. The Morgan fingerprint density at radius 2 is 1.86 bits per heavy atom. The van der Waals surface area contributed by atoms with Gasteiger partial charge in [0.05, 0.1) is 0 Å². The molecule has 0 heterocycles. The molecule has 14 heavy (non-hydrogen) atoms. The maximum atomic E-state index is 6.07. The van der Waals surface area contributed by atoms with Crippen molar-refractivity contribution in [3.8, 4) is 0 Å². The summed E-state index contributed by atoms with van der Waals surface area (Å²) in [4.78, 5) is 0. The lowest BCUT2D eigenvalue weighted by Crippen LogP contribution is -1.97. The Balaban J connectivity index is 2.85. The summed E-state index contributed by atoms with van der Waals surface area (Å²) < 4.78 is 0. The Hall–Kier alpha value is -0.460. The first-order valence-electron chi connectivity index (χ1n) is 4.71. The van der Waals surface area contributed by atoms with Gasteiger partial charge in [-0.3, -0.25) is 0 Å². The summed E-state index contributed by atoms with van der Waals surface area (Å²) in [6, 6.07) is 5.63. The summed E-state index contributed by atoms with van der Waals surface area (Å²) in [6.07, 6.45) is 5.10. The van der Waals surface area contributed by atoms with Gasteiger partial charge in [-0.05, 0) is 37.0 Å². The molecule has 1 unspecified atom stereocenters. The van der Waals surface area contributed by atoms with Gasteiger partial charge in [0.2, 0.25) is 0 Å². The number of allylic oxidation sites excluding steroid dienone is 2. The zero-order valence-electron chi connectivity index (χ0n) is 8.43. The Kier molecular flexibility index (Phi) is 4.50. The van der Waals surface area contributed by atoms with E-state index in [2.05, 4.69) is 19.1 Å². The minimum atomic E-state index is 0.470. The molecular weight excluding hydrogens is 215 g/mol. The third-order valence-electron chi connectivity index (χ3n) is 2.11. The van der Waals surface area contributed by atoms with E-state index in [1.165, 1.54) is 0 Å². The van der Waals surface area contributed by atoms with Gasteiger partial charge in [-0.1, -0.05) is 48.3 Å². The molecule has 0 spiro atoms. The molecule has 0 fully saturated rings. The summed E-state index contributed by atoms with van der Waals surface area (Å²) in [5.74, 6) is 0.470. The predicted octanol–water partition coefficient (Wildman–Crippen LogP) is 4.75. The average molecular weight is 229 g/mol. The molecule has 1 atom stereocenters. The smallest absolute Gasteiger partial charge is 0.0453 e. The third-order valence-corrected chi connectivity index (χ3v) is 2.82. The Bertz CT molecular complexity index is 309. The van der Waals surface area contributed by atoms with Crippen molar-refractivity contribution in [1.82, 2.24) is 0 Å². The van der Waals surface area contributed by atoms with Gasteiger partial charge in [0.1, 0.15) is 0 Å². The monoisotopic (exact) mass is 228 g/mol. The van der Waals surface area contributed by atoms with Crippen LogP contribution >= 0.6 is 23.2 Å². The van der Waals surface area contributed by atoms with E-state index < -0.39 is 0 Å². The fraction of sp³-hybridized carbons (Fsp3) is 0.333. The predicted molar refractivity (Wildman–Crippen MR) is 64.1 cm³/mol. The number of halogens is 2. The lowest BCUT2D eigenvalue weighted by Gasteiger charge is -2.09. The van der Waals surface area contributed by atoms with E-state index in [0.717, 1.165) is 22.0 Å². The first kappa shape index (κ1) is 11.6. The van der Waals surface area contributed by atoms with Crippen molar-refractivity contribution in [1.29, 1.82) is 0 Å². The Labute approximate surface area is 95.5 Å². The zero-order valence-corrected chi connectivity index (χ0v) is 9.94. The van der Waals surface area contributed by atoms with Gasteiger partial charge < -0.3 is 0 Å². The minimum Gasteiger partial charge on any atom is -0.0914 e. The molecule has 0 N–H and O–H groups in total. The van der Waals surface area contributed by atoms with Crippen LogP contribution in [0.1, 0.15) is 19.4 Å². The van der Waals surface area contributed by atoms with Gasteiger partial charge in [0.15, 0.2) is 0 Å². The highest BCUT2D eigenvalue weighted by atomic mass is 35.5. The number of rotatable bonds is 3. The molecule has 0 amide bonds. The van der Waals surface area contributed by atoms with Crippen LogP contribution in [0.2, 0.25) is 10.0 Å². The largest absolute Gasteiger partial charge is 0.0914 e. The van der Waals surface area contributed by atoms with Crippen molar-refractivity contribution in [3.63, 3.8) is 0 Å². The van der Waals surface area contributed by atoms with E-state index in [-0.39, 0.29) is 0 Å². The van der Waals surface area contributed by atoms with Crippen molar-refractivity contribution >= 4 is 23.2 Å². The topological polar surface area (TPSA) is 0 Å². The maximum Gasteiger partial charge on any atom is 0.0453 e. The molecule has 1 aromatic rings. The van der Waals surface area contributed by atoms with Crippen LogP contribution in [0.15, 0.2) is 30.4 Å². The first-order valence-corrected chi connectivity index (χ1v) is 5.46. The summed E-state index contributed by atoms with van der Waals surface area (Å²) in [7, 11) is 0. The second-order valence-electron chi connectivity index (χ2n) is 3.41. The lowest BCUT2D eigenvalue weighted by atomic mass is 10.0. The molecule has 1 rings (SSSR count). The van der Waals surface area contributed by atoms with Crippen LogP contribution in [0, 0.1) is 5.92 Å². The molecule has 0 bridgehead atoms. The van der Waals surface area contributed by atoms with E-state index >= 15 is 0 Å². The van der Waals surface area contributed by atoms with Crippen molar-refractivity contribution < 1.29 is 0 Å². The molecule has 0 nitrogen and oxygen atoms in total. The van der Waals surface area contributed by atoms with Crippen molar-refractivity contribution in [2.45, 2.75) is 20.3 Å². The van der Waals surface area contributed by atoms with E-state index in [9.17, 15) is 0 Å². The molecule has 0 saturated heterocycles. The highest BCUT2D eigenvalue weighted by Crippen LogP contribution is 2.26. The highest BCUT2D eigenvalue weighted by Gasteiger charge is 2.07. The van der Waals surface area contributed by atoms with E-state index in [1.807, 2.05) is 25.1 Å². The summed E-state index contributed by atoms with van der Waals surface area (Å²) in [5.41, 5.74) is 1.04. The second-order valence-corrected chi connectivity index (χ2v) is 4.22. The number of hydrogen-bond donors (Lipinski definition) is 0. The summed E-state index contributed by atoms with van der Waals surface area (Å²) in [5, 5.41) is 1.52. The van der Waals surface area contributed by atoms with Crippen molar-refractivity contribution in [3.05, 3.63) is 46.0 Å². The molecule has 0 radical (unpaired) electrons. The van der Waals surface area contributed by atoms with Crippen LogP contribution in [0.3, 0.4) is 0 Å². The van der Waals surface area contributed by atoms with Crippen LogP contribution in [-0.4, -0.2) is 0 Å². The van der Waals surface area contributed by atoms with Crippen LogP contribution in [0.5, 0.6) is 0 Å². The second kappa shape index (κ2) is 5.43. The molecule has 76 valence electrons. The number of benzene rings is 1. The number of hydrogen-bond acceptors (Lipinski definition) is 0. The van der Waals surface area contributed by atoms with Gasteiger partial charge >= 0.3 is 0 Å². The van der Waals surface area contributed by atoms with Crippen LogP contribution in [-0.2, 0) is 6.42 Å². The van der Waals surface area contributed by atoms with Crippen LogP contribution in [0.4, 0.5) is 0 Å². The minimum absolute atomic E-state index is 0.470. The summed E-state index contributed by atoms with van der Waals surface area (Å²) in [6.45, 7) is 4.17. The molecule has 0 aliphatic heterocycles. The average Bonchev–Trinajstić information content (AvgIpc) is 2.12. The van der Waals surface area contributed by atoms with Gasteiger partial charge in [0, 0.05) is 10.0 Å². The Morgan fingerprint density at radius 3 is 2.36 bits per heavy atom. The van der Waals surface area contributed by atoms with Gasteiger partial charge in [-0.2, -0.15) is 0 Å². The van der Waals surface area contributed by atoms with Crippen LogP contribution < -0.4 is 0 Å². The fourth-order valence-electron chi connectivity index (χ4n) is 1.45. The molecule has 0 aliphatic carbocycles. The quantitative estimate of drug-likeness (QED) is 0.656. The fourth-order valence-corrected chi connectivity index (χ4v) is 2.00. The normalized spacial score (nSPS) is 13.4. The zero-order chi connectivity index (χ0) is 10.6. The van der Waals surface area contributed by atoms with Gasteiger partial charge in [-0.15, -0.1) is 0 Å². The molecule has 0 aliphatic rings. The van der Waals surface area contributed by atoms with Gasteiger partial charge in [0.25, 0.3) is 0 Å².